The van der Waals surface area contributed by atoms with Gasteiger partial charge in [-0.3, -0.25) is 10.6 Å². The minimum Gasteiger partial charge on any atom is -0.349 e. The van der Waals surface area contributed by atoms with E-state index in [1.807, 2.05) is 25.1 Å². The van der Waals surface area contributed by atoms with E-state index in [1.54, 1.807) is 0 Å². The van der Waals surface area contributed by atoms with Crippen LogP contribution in [-0.4, -0.2) is 11.9 Å². The molecule has 20 heavy (non-hydrogen) atoms. The first-order valence-corrected chi connectivity index (χ1v) is 7.50. The van der Waals surface area contributed by atoms with Gasteiger partial charge in [0.15, 0.2) is 0 Å². The van der Waals surface area contributed by atoms with Crippen LogP contribution in [0.15, 0.2) is 18.2 Å². The van der Waals surface area contributed by atoms with Crippen molar-refractivity contribution in [2.24, 2.45) is 11.8 Å². The summed E-state index contributed by atoms with van der Waals surface area (Å²) >= 11 is 0. The van der Waals surface area contributed by atoms with Gasteiger partial charge in [-0.1, -0.05) is 19.3 Å². The van der Waals surface area contributed by atoms with Crippen molar-refractivity contribution in [1.82, 2.24) is 5.32 Å². The van der Waals surface area contributed by atoms with E-state index in [-0.39, 0.29) is 11.9 Å². The number of carbonyl (C=O) groups excluding carboxylic acids is 1. The van der Waals surface area contributed by atoms with E-state index in [1.165, 1.54) is 32.1 Å². The molecule has 110 valence electrons. The maximum Gasteiger partial charge on any atom is 0.251 e. The predicted octanol–water partition coefficient (Wildman–Crippen LogP) is 2.98. The van der Waals surface area contributed by atoms with Gasteiger partial charge in [-0.2, -0.15) is 0 Å². The molecule has 4 nitrogen and oxygen atoms in total. The maximum absolute atomic E-state index is 12.3. The van der Waals surface area contributed by atoms with Crippen molar-refractivity contribution in [3.8, 4) is 0 Å². The Morgan fingerprint density at radius 2 is 2.00 bits per heavy atom. The van der Waals surface area contributed by atoms with Crippen LogP contribution in [0.5, 0.6) is 0 Å². The average Bonchev–Trinajstić information content (AvgIpc) is 2.48. The molecule has 1 fully saturated rings. The Kier molecular flexibility index (Phi) is 5.01. The molecule has 1 saturated carbocycles. The summed E-state index contributed by atoms with van der Waals surface area (Å²) in [5.41, 5.74) is 5.15. The number of anilines is 1. The number of nitrogens with two attached hydrogens (primary N) is 1. The summed E-state index contributed by atoms with van der Waals surface area (Å²) in [5.74, 6) is 6.04. The molecule has 0 aliphatic heterocycles. The molecule has 0 spiro atoms. The first-order chi connectivity index (χ1) is 9.61. The molecule has 1 aliphatic rings. The van der Waals surface area contributed by atoms with Crippen LogP contribution < -0.4 is 16.6 Å². The fraction of sp³-hybridized carbons (Fsp3) is 0.562. The van der Waals surface area contributed by atoms with Crippen molar-refractivity contribution in [1.29, 1.82) is 0 Å². The highest BCUT2D eigenvalue weighted by atomic mass is 16.1. The first kappa shape index (κ1) is 14.9. The summed E-state index contributed by atoms with van der Waals surface area (Å²) in [5, 5.41) is 3.14. The molecule has 4 N–H and O–H groups in total. The Bertz CT molecular complexity index is 467. The smallest absolute Gasteiger partial charge is 0.251 e. The Morgan fingerprint density at radius 3 is 2.60 bits per heavy atom. The Hall–Kier alpha value is -1.55. The Labute approximate surface area is 121 Å². The Balaban J connectivity index is 1.98. The van der Waals surface area contributed by atoms with Gasteiger partial charge in [-0.25, -0.2) is 0 Å². The van der Waals surface area contributed by atoms with Gasteiger partial charge in [0.2, 0.25) is 0 Å². The molecule has 0 aromatic heterocycles. The lowest BCUT2D eigenvalue weighted by Crippen LogP contribution is -2.38. The zero-order chi connectivity index (χ0) is 14.5. The SMILES string of the molecule is Cc1cc(C(=O)NC(C)C2CCCCC2)ccc1NN. The normalized spacial score (nSPS) is 17.6. The molecule has 2 rings (SSSR count). The van der Waals surface area contributed by atoms with Crippen LogP contribution in [0, 0.1) is 12.8 Å². The number of benzene rings is 1. The van der Waals surface area contributed by atoms with Crippen molar-refractivity contribution in [3.63, 3.8) is 0 Å². The summed E-state index contributed by atoms with van der Waals surface area (Å²) < 4.78 is 0. The van der Waals surface area contributed by atoms with Gasteiger partial charge >= 0.3 is 0 Å². The number of rotatable bonds is 4. The van der Waals surface area contributed by atoms with E-state index in [0.717, 1.165) is 11.3 Å². The topological polar surface area (TPSA) is 67.2 Å². The third kappa shape index (κ3) is 3.51. The molecule has 1 amide bonds. The molecule has 0 radical (unpaired) electrons. The fourth-order valence-electron chi connectivity index (χ4n) is 3.01. The summed E-state index contributed by atoms with van der Waals surface area (Å²) in [6.07, 6.45) is 6.39. The van der Waals surface area contributed by atoms with Crippen molar-refractivity contribution in [2.45, 2.75) is 52.0 Å². The van der Waals surface area contributed by atoms with Crippen LogP contribution in [0.3, 0.4) is 0 Å². The number of hydrogen-bond donors (Lipinski definition) is 3. The second-order valence-corrected chi connectivity index (χ2v) is 5.83. The number of carbonyl (C=O) groups is 1. The zero-order valence-electron chi connectivity index (χ0n) is 12.4. The monoisotopic (exact) mass is 275 g/mol. The van der Waals surface area contributed by atoms with Crippen LogP contribution in [0.1, 0.15) is 54.9 Å². The Morgan fingerprint density at radius 1 is 1.30 bits per heavy atom. The molecule has 1 unspecified atom stereocenters. The molecule has 1 aromatic carbocycles. The van der Waals surface area contributed by atoms with Crippen molar-refractivity contribution < 1.29 is 4.79 Å². The summed E-state index contributed by atoms with van der Waals surface area (Å²) in [6, 6.07) is 5.77. The summed E-state index contributed by atoms with van der Waals surface area (Å²) in [6.45, 7) is 4.06. The van der Waals surface area contributed by atoms with E-state index in [2.05, 4.69) is 17.7 Å². The third-order valence-corrected chi connectivity index (χ3v) is 4.36. The molecule has 1 aromatic rings. The third-order valence-electron chi connectivity index (χ3n) is 4.36. The maximum atomic E-state index is 12.3. The predicted molar refractivity (Wildman–Crippen MR) is 82.5 cm³/mol. The fourth-order valence-corrected chi connectivity index (χ4v) is 3.01. The van der Waals surface area contributed by atoms with E-state index >= 15 is 0 Å². The van der Waals surface area contributed by atoms with Crippen LogP contribution >= 0.6 is 0 Å². The first-order valence-electron chi connectivity index (χ1n) is 7.50. The molecule has 0 heterocycles. The van der Waals surface area contributed by atoms with Crippen LogP contribution in [0.4, 0.5) is 5.69 Å². The van der Waals surface area contributed by atoms with Gasteiger partial charge in [-0.15, -0.1) is 0 Å². The highest BCUT2D eigenvalue weighted by Crippen LogP contribution is 2.26. The number of aryl methyl sites for hydroxylation is 1. The van der Waals surface area contributed by atoms with Crippen molar-refractivity contribution in [2.75, 3.05) is 5.43 Å². The van der Waals surface area contributed by atoms with E-state index < -0.39 is 0 Å². The minimum atomic E-state index is 0.00902. The van der Waals surface area contributed by atoms with Gasteiger partial charge in [0, 0.05) is 11.6 Å². The van der Waals surface area contributed by atoms with E-state index in [4.69, 9.17) is 5.84 Å². The largest absolute Gasteiger partial charge is 0.349 e. The van der Waals surface area contributed by atoms with Crippen LogP contribution in [0.25, 0.3) is 0 Å². The lowest BCUT2D eigenvalue weighted by atomic mass is 9.84. The second-order valence-electron chi connectivity index (χ2n) is 5.83. The zero-order valence-corrected chi connectivity index (χ0v) is 12.4. The molecule has 1 atom stereocenters. The van der Waals surface area contributed by atoms with Gasteiger partial charge < -0.3 is 10.7 Å². The molecule has 4 heteroatoms. The summed E-state index contributed by atoms with van der Waals surface area (Å²) in [7, 11) is 0. The van der Waals surface area contributed by atoms with Gasteiger partial charge in [-0.05, 0) is 56.4 Å². The highest BCUT2D eigenvalue weighted by Gasteiger charge is 2.21. The number of amides is 1. The van der Waals surface area contributed by atoms with Gasteiger partial charge in [0.05, 0.1) is 5.69 Å². The second kappa shape index (κ2) is 6.75. The number of nitrogens with one attached hydrogen (secondary N) is 2. The number of hydrogen-bond acceptors (Lipinski definition) is 3. The van der Waals surface area contributed by atoms with Crippen LogP contribution in [0.2, 0.25) is 0 Å². The average molecular weight is 275 g/mol. The minimum absolute atomic E-state index is 0.00902. The molecule has 0 saturated heterocycles. The van der Waals surface area contributed by atoms with Gasteiger partial charge in [0.1, 0.15) is 0 Å². The molecule has 1 aliphatic carbocycles. The standard InChI is InChI=1S/C16H25N3O/c1-11-10-14(8-9-15(11)19-17)16(20)18-12(2)13-6-4-3-5-7-13/h8-10,12-13,19H,3-7,17H2,1-2H3,(H,18,20). The van der Waals surface area contributed by atoms with E-state index in [9.17, 15) is 4.79 Å². The lowest BCUT2D eigenvalue weighted by Gasteiger charge is -2.28. The highest BCUT2D eigenvalue weighted by molar-refractivity contribution is 5.95. The van der Waals surface area contributed by atoms with Gasteiger partial charge in [0.25, 0.3) is 5.91 Å². The van der Waals surface area contributed by atoms with Crippen molar-refractivity contribution in [3.05, 3.63) is 29.3 Å². The van der Waals surface area contributed by atoms with Crippen LogP contribution in [-0.2, 0) is 0 Å². The lowest BCUT2D eigenvalue weighted by molar-refractivity contribution is 0.0919. The molecular formula is C16H25N3O. The van der Waals surface area contributed by atoms with Crippen molar-refractivity contribution >= 4 is 11.6 Å². The molecule has 0 bridgehead atoms. The van der Waals surface area contributed by atoms with E-state index in [0.29, 0.717) is 11.5 Å². The number of nitrogen functional groups attached to an aromatic ring is 1. The summed E-state index contributed by atoms with van der Waals surface area (Å²) in [4.78, 5) is 12.3. The molecular weight excluding hydrogens is 250 g/mol. The number of hydrazine groups is 1. The quantitative estimate of drug-likeness (QED) is 0.584.